The summed E-state index contributed by atoms with van der Waals surface area (Å²) in [5.74, 6) is -0.695. The molecule has 0 bridgehead atoms. The smallest absolute Gasteiger partial charge is 0.217 e. The van der Waals surface area contributed by atoms with Gasteiger partial charge in [0, 0.05) is 6.54 Å². The van der Waals surface area contributed by atoms with Crippen molar-refractivity contribution in [2.45, 2.75) is 13.5 Å². The van der Waals surface area contributed by atoms with Crippen LogP contribution < -0.4 is 4.74 Å². The van der Waals surface area contributed by atoms with E-state index in [2.05, 4.69) is 21.0 Å². The first-order valence-corrected chi connectivity index (χ1v) is 6.48. The van der Waals surface area contributed by atoms with Crippen LogP contribution in [0.2, 0.25) is 0 Å². The van der Waals surface area contributed by atoms with Gasteiger partial charge < -0.3 is 4.74 Å². The highest BCUT2D eigenvalue weighted by Gasteiger charge is 2.23. The molecule has 0 N–H and O–H groups in total. The van der Waals surface area contributed by atoms with Crippen LogP contribution in [-0.2, 0) is 6.54 Å². The van der Waals surface area contributed by atoms with Gasteiger partial charge in [0.15, 0.2) is 11.4 Å². The van der Waals surface area contributed by atoms with E-state index in [1.807, 2.05) is 6.92 Å². The van der Waals surface area contributed by atoms with Crippen molar-refractivity contribution in [2.24, 2.45) is 0 Å². The summed E-state index contributed by atoms with van der Waals surface area (Å²) in [6, 6.07) is 4.59. The van der Waals surface area contributed by atoms with Gasteiger partial charge in [0.25, 0.3) is 0 Å². The lowest BCUT2D eigenvalue weighted by Gasteiger charge is -2.07. The number of hydrogen-bond donors (Lipinski definition) is 0. The van der Waals surface area contributed by atoms with Crippen LogP contribution in [0.3, 0.4) is 0 Å². The monoisotopic (exact) mass is 326 g/mol. The van der Waals surface area contributed by atoms with Crippen molar-refractivity contribution in [3.05, 3.63) is 45.9 Å². The molecule has 4 nitrogen and oxygen atoms in total. The Kier molecular flexibility index (Phi) is 3.99. The Morgan fingerprint density at radius 1 is 1.53 bits per heavy atom. The number of hydrogen-bond acceptors (Lipinski definition) is 3. The van der Waals surface area contributed by atoms with Crippen molar-refractivity contribution in [1.82, 2.24) is 9.78 Å². The number of benzene rings is 1. The SMILES string of the molecule is CCn1ncc(OC)c1C(=O)c1cccc(Br)c1F. The number of methoxy groups -OCH3 is 1. The molecule has 0 aliphatic carbocycles. The van der Waals surface area contributed by atoms with Gasteiger partial charge in [-0.05, 0) is 35.0 Å². The largest absolute Gasteiger partial charge is 0.493 e. The predicted octanol–water partition coefficient (Wildman–Crippen LogP) is 3.04. The number of nitrogens with zero attached hydrogens (tertiary/aromatic N) is 2. The van der Waals surface area contributed by atoms with Crippen LogP contribution in [0.4, 0.5) is 4.39 Å². The molecule has 6 heteroatoms. The third-order valence-electron chi connectivity index (χ3n) is 2.74. The van der Waals surface area contributed by atoms with Gasteiger partial charge in [0.2, 0.25) is 5.78 Å². The standard InChI is InChI=1S/C13H12BrFN2O2/c1-3-17-12(10(19-2)7-16-17)13(18)8-5-4-6-9(14)11(8)15/h4-7H,3H2,1-2H3. The summed E-state index contributed by atoms with van der Waals surface area (Å²) < 4.78 is 20.8. The molecule has 2 aromatic rings. The highest BCUT2D eigenvalue weighted by Crippen LogP contribution is 2.25. The van der Waals surface area contributed by atoms with Gasteiger partial charge in [0.1, 0.15) is 5.82 Å². The molecular formula is C13H12BrFN2O2. The summed E-state index contributed by atoms with van der Waals surface area (Å²) in [4.78, 5) is 12.4. The predicted molar refractivity (Wildman–Crippen MR) is 72.0 cm³/mol. The molecule has 0 saturated carbocycles. The lowest BCUT2D eigenvalue weighted by Crippen LogP contribution is -2.13. The van der Waals surface area contributed by atoms with Crippen LogP contribution in [0, 0.1) is 5.82 Å². The number of carbonyl (C=O) groups excluding carboxylic acids is 1. The first-order valence-electron chi connectivity index (χ1n) is 5.68. The highest BCUT2D eigenvalue weighted by atomic mass is 79.9. The fourth-order valence-electron chi connectivity index (χ4n) is 1.79. The topological polar surface area (TPSA) is 44.1 Å². The summed E-state index contributed by atoms with van der Waals surface area (Å²) >= 11 is 3.07. The van der Waals surface area contributed by atoms with Crippen molar-refractivity contribution in [2.75, 3.05) is 7.11 Å². The number of carbonyl (C=O) groups is 1. The maximum atomic E-state index is 14.0. The van der Waals surface area contributed by atoms with Crippen molar-refractivity contribution >= 4 is 21.7 Å². The number of ether oxygens (including phenoxy) is 1. The zero-order chi connectivity index (χ0) is 14.0. The van der Waals surface area contributed by atoms with E-state index >= 15 is 0 Å². The Labute approximate surface area is 118 Å². The Bertz CT molecular complexity index is 604. The molecule has 0 saturated heterocycles. The molecule has 0 atom stereocenters. The van der Waals surface area contributed by atoms with E-state index in [-0.39, 0.29) is 15.7 Å². The molecule has 0 spiro atoms. The van der Waals surface area contributed by atoms with Crippen LogP contribution in [0.5, 0.6) is 5.75 Å². The van der Waals surface area contributed by atoms with Crippen LogP contribution >= 0.6 is 15.9 Å². The van der Waals surface area contributed by atoms with E-state index < -0.39 is 11.6 Å². The van der Waals surface area contributed by atoms with Gasteiger partial charge in [-0.25, -0.2) is 4.39 Å². The van der Waals surface area contributed by atoms with Crippen LogP contribution in [-0.4, -0.2) is 22.7 Å². The second-order valence-corrected chi connectivity index (χ2v) is 4.66. The Balaban J connectivity index is 2.55. The van der Waals surface area contributed by atoms with E-state index in [1.165, 1.54) is 24.1 Å². The van der Waals surface area contributed by atoms with E-state index in [0.717, 1.165) is 0 Å². The minimum Gasteiger partial charge on any atom is -0.493 e. The molecular weight excluding hydrogens is 315 g/mol. The maximum absolute atomic E-state index is 14.0. The fraction of sp³-hybridized carbons (Fsp3) is 0.231. The highest BCUT2D eigenvalue weighted by molar-refractivity contribution is 9.10. The van der Waals surface area contributed by atoms with E-state index in [4.69, 9.17) is 4.74 Å². The third-order valence-corrected chi connectivity index (χ3v) is 3.35. The molecule has 1 heterocycles. The number of rotatable bonds is 4. The molecule has 100 valence electrons. The second-order valence-electron chi connectivity index (χ2n) is 3.81. The Hall–Kier alpha value is -1.69. The molecule has 0 fully saturated rings. The average molecular weight is 327 g/mol. The van der Waals surface area contributed by atoms with Gasteiger partial charge in [0.05, 0.1) is 23.3 Å². The number of aryl methyl sites for hydroxylation is 1. The zero-order valence-corrected chi connectivity index (χ0v) is 12.1. The van der Waals surface area contributed by atoms with Crippen molar-refractivity contribution in [1.29, 1.82) is 0 Å². The minimum absolute atomic E-state index is 0.0112. The van der Waals surface area contributed by atoms with E-state index in [0.29, 0.717) is 12.3 Å². The molecule has 0 unspecified atom stereocenters. The van der Waals surface area contributed by atoms with Gasteiger partial charge in [-0.1, -0.05) is 6.07 Å². The molecule has 1 aromatic carbocycles. The normalized spacial score (nSPS) is 10.5. The molecule has 0 aliphatic heterocycles. The molecule has 0 aliphatic rings. The van der Waals surface area contributed by atoms with E-state index in [1.54, 1.807) is 12.1 Å². The molecule has 0 radical (unpaired) electrons. The van der Waals surface area contributed by atoms with Crippen LogP contribution in [0.1, 0.15) is 23.0 Å². The first-order chi connectivity index (χ1) is 9.10. The summed E-state index contributed by atoms with van der Waals surface area (Å²) in [6.45, 7) is 2.35. The molecule has 19 heavy (non-hydrogen) atoms. The van der Waals surface area contributed by atoms with Gasteiger partial charge in [-0.3, -0.25) is 9.48 Å². The van der Waals surface area contributed by atoms with Crippen LogP contribution in [0.25, 0.3) is 0 Å². The second kappa shape index (κ2) is 5.52. The average Bonchev–Trinajstić information content (AvgIpc) is 2.84. The Morgan fingerprint density at radius 3 is 2.89 bits per heavy atom. The molecule has 1 aromatic heterocycles. The van der Waals surface area contributed by atoms with Gasteiger partial charge in [-0.15, -0.1) is 0 Å². The number of halogens is 2. The zero-order valence-electron chi connectivity index (χ0n) is 10.5. The molecule has 0 amide bonds. The quantitative estimate of drug-likeness (QED) is 0.811. The van der Waals surface area contributed by atoms with Crippen molar-refractivity contribution in [3.63, 3.8) is 0 Å². The number of aromatic nitrogens is 2. The summed E-state index contributed by atoms with van der Waals surface area (Å²) in [5.41, 5.74) is 0.241. The third kappa shape index (κ3) is 2.40. The maximum Gasteiger partial charge on any atom is 0.217 e. The lowest BCUT2D eigenvalue weighted by molar-refractivity contribution is 0.102. The lowest BCUT2D eigenvalue weighted by atomic mass is 10.1. The van der Waals surface area contributed by atoms with Crippen molar-refractivity contribution < 1.29 is 13.9 Å². The van der Waals surface area contributed by atoms with Crippen LogP contribution in [0.15, 0.2) is 28.9 Å². The fourth-order valence-corrected chi connectivity index (χ4v) is 2.16. The van der Waals surface area contributed by atoms with Gasteiger partial charge >= 0.3 is 0 Å². The Morgan fingerprint density at radius 2 is 2.26 bits per heavy atom. The molecule has 2 rings (SSSR count). The summed E-state index contributed by atoms with van der Waals surface area (Å²) in [6.07, 6.45) is 1.45. The number of ketones is 1. The first kappa shape index (κ1) is 13.7. The van der Waals surface area contributed by atoms with Gasteiger partial charge in [-0.2, -0.15) is 5.10 Å². The summed E-state index contributed by atoms with van der Waals surface area (Å²) in [7, 11) is 1.45. The summed E-state index contributed by atoms with van der Waals surface area (Å²) in [5, 5.41) is 4.04. The minimum atomic E-state index is -0.585. The van der Waals surface area contributed by atoms with Crippen molar-refractivity contribution in [3.8, 4) is 5.75 Å². The van der Waals surface area contributed by atoms with E-state index in [9.17, 15) is 9.18 Å².